The van der Waals surface area contributed by atoms with E-state index in [0.29, 0.717) is 17.9 Å². The summed E-state index contributed by atoms with van der Waals surface area (Å²) in [6.07, 6.45) is 0.549. The van der Waals surface area contributed by atoms with Crippen LogP contribution in [0.25, 0.3) is 0 Å². The molecule has 2 aromatic rings. The van der Waals surface area contributed by atoms with Gasteiger partial charge in [-0.15, -0.1) is 0 Å². The maximum absolute atomic E-state index is 12.7. The van der Waals surface area contributed by atoms with E-state index in [9.17, 15) is 14.4 Å². The fourth-order valence-electron chi connectivity index (χ4n) is 2.94. The number of hydrogen-bond donors (Lipinski definition) is 2. The van der Waals surface area contributed by atoms with Gasteiger partial charge in [-0.1, -0.05) is 32.0 Å². The number of carbonyl (C=O) groups excluding carboxylic acids is 2. The predicted octanol–water partition coefficient (Wildman–Crippen LogP) is 2.80. The van der Waals surface area contributed by atoms with Gasteiger partial charge in [-0.3, -0.25) is 14.5 Å². The van der Waals surface area contributed by atoms with E-state index in [4.69, 9.17) is 9.63 Å². The summed E-state index contributed by atoms with van der Waals surface area (Å²) in [5.74, 6) is -0.805. The maximum atomic E-state index is 12.7. The second-order valence-corrected chi connectivity index (χ2v) is 7.49. The molecule has 2 N–H and O–H groups in total. The van der Waals surface area contributed by atoms with Gasteiger partial charge in [0.25, 0.3) is 0 Å². The zero-order chi connectivity index (χ0) is 19.8. The lowest BCUT2D eigenvalue weighted by atomic mass is 9.93. The Hall–Kier alpha value is -3.16. The average Bonchev–Trinajstić information content (AvgIpc) is 3.21. The van der Waals surface area contributed by atoms with E-state index < -0.39 is 17.9 Å². The minimum absolute atomic E-state index is 0.0534. The molecule has 0 bridgehead atoms. The van der Waals surface area contributed by atoms with E-state index in [-0.39, 0.29) is 29.1 Å². The molecule has 1 atom stereocenters. The first-order chi connectivity index (χ1) is 12.7. The van der Waals surface area contributed by atoms with Crippen LogP contribution < -0.4 is 10.2 Å². The fraction of sp³-hybridized carbons (Fsp3) is 0.368. The smallest absolute Gasteiger partial charge is 0.335 e. The summed E-state index contributed by atoms with van der Waals surface area (Å²) in [5, 5.41) is 15.7. The van der Waals surface area contributed by atoms with Crippen molar-refractivity contribution in [2.45, 2.75) is 45.1 Å². The number of aromatic carboxylic acids is 1. The Bertz CT molecular complexity index is 897. The number of aromatic nitrogens is 1. The summed E-state index contributed by atoms with van der Waals surface area (Å²) in [6, 6.07) is 6.90. The Balaban J connectivity index is 1.81. The van der Waals surface area contributed by atoms with Crippen LogP contribution in [0.1, 0.15) is 49.7 Å². The molecule has 2 amide bonds. The van der Waals surface area contributed by atoms with Gasteiger partial charge in [-0.25, -0.2) is 4.79 Å². The number of rotatable bonds is 4. The number of benzene rings is 1. The number of nitrogens with zero attached hydrogens (tertiary/aromatic N) is 2. The quantitative estimate of drug-likeness (QED) is 0.854. The molecule has 3 rings (SSSR count). The highest BCUT2D eigenvalue weighted by molar-refractivity contribution is 6.07. The molecule has 1 aromatic heterocycles. The molecule has 142 valence electrons. The van der Waals surface area contributed by atoms with E-state index in [1.807, 2.05) is 20.8 Å². The number of carbonyl (C=O) groups is 3. The summed E-state index contributed by atoms with van der Waals surface area (Å²) in [6.45, 7) is 5.89. The van der Waals surface area contributed by atoms with E-state index in [2.05, 4.69) is 10.5 Å². The number of amides is 2. The molecule has 8 nitrogen and oxygen atoms in total. The van der Waals surface area contributed by atoms with Gasteiger partial charge in [-0.2, -0.15) is 0 Å². The number of carboxylic acids is 1. The van der Waals surface area contributed by atoms with E-state index in [1.165, 1.54) is 17.0 Å². The summed E-state index contributed by atoms with van der Waals surface area (Å²) in [4.78, 5) is 37.6. The monoisotopic (exact) mass is 371 g/mol. The molecule has 1 fully saturated rings. The molecule has 0 spiro atoms. The highest BCUT2D eigenvalue weighted by atomic mass is 16.5. The molecule has 1 saturated heterocycles. The van der Waals surface area contributed by atoms with Gasteiger partial charge in [0.05, 0.1) is 5.56 Å². The van der Waals surface area contributed by atoms with E-state index in [0.717, 1.165) is 0 Å². The Kier molecular flexibility index (Phi) is 4.73. The fourth-order valence-corrected chi connectivity index (χ4v) is 2.94. The first-order valence-electron chi connectivity index (χ1n) is 8.60. The molecular weight excluding hydrogens is 350 g/mol. The summed E-state index contributed by atoms with van der Waals surface area (Å²) < 4.78 is 5.26. The van der Waals surface area contributed by atoms with E-state index >= 15 is 0 Å². The third-order valence-electron chi connectivity index (χ3n) is 4.39. The minimum atomic E-state index is -1.10. The normalized spacial score (nSPS) is 17.2. The van der Waals surface area contributed by atoms with Gasteiger partial charge in [0.1, 0.15) is 11.8 Å². The molecule has 0 radical (unpaired) electrons. The SMILES string of the molecule is CC(C)(C)c1cc(NC(=O)C2CCC(=O)N2c2cccc(C(=O)O)c2)no1. The van der Waals surface area contributed by atoms with Crippen molar-refractivity contribution in [3.63, 3.8) is 0 Å². The lowest BCUT2D eigenvalue weighted by Gasteiger charge is -2.24. The molecule has 27 heavy (non-hydrogen) atoms. The van der Waals surface area contributed by atoms with Crippen molar-refractivity contribution >= 4 is 29.3 Å². The van der Waals surface area contributed by atoms with Crippen LogP contribution in [0, 0.1) is 0 Å². The second kappa shape index (κ2) is 6.86. The van der Waals surface area contributed by atoms with Crippen molar-refractivity contribution in [2.24, 2.45) is 0 Å². The Morgan fingerprint density at radius 3 is 2.67 bits per heavy atom. The van der Waals surface area contributed by atoms with Crippen molar-refractivity contribution in [1.82, 2.24) is 5.16 Å². The Morgan fingerprint density at radius 2 is 2.04 bits per heavy atom. The predicted molar refractivity (Wildman–Crippen MR) is 97.7 cm³/mol. The van der Waals surface area contributed by atoms with Crippen molar-refractivity contribution < 1.29 is 24.0 Å². The molecule has 8 heteroatoms. The Labute approximate surface area is 156 Å². The zero-order valence-electron chi connectivity index (χ0n) is 15.4. The topological polar surface area (TPSA) is 113 Å². The molecule has 1 aliphatic rings. The lowest BCUT2D eigenvalue weighted by molar-refractivity contribution is -0.120. The van der Waals surface area contributed by atoms with Crippen LogP contribution in [0.15, 0.2) is 34.9 Å². The average molecular weight is 371 g/mol. The number of nitrogens with one attached hydrogen (secondary N) is 1. The van der Waals surface area contributed by atoms with Crippen LogP contribution in [0.2, 0.25) is 0 Å². The zero-order valence-corrected chi connectivity index (χ0v) is 15.4. The van der Waals surface area contributed by atoms with Crippen LogP contribution in [-0.2, 0) is 15.0 Å². The standard InChI is InChI=1S/C19H21N3O5/c1-19(2,3)14-10-15(21-27-14)20-17(24)13-7-8-16(23)22(13)12-6-4-5-11(9-12)18(25)26/h4-6,9-10,13H,7-8H2,1-3H3,(H,25,26)(H,20,21,24). The minimum Gasteiger partial charge on any atom is -0.478 e. The molecular formula is C19H21N3O5. The number of carboxylic acid groups (broad SMARTS) is 1. The number of anilines is 2. The van der Waals surface area contributed by atoms with Gasteiger partial charge >= 0.3 is 5.97 Å². The lowest BCUT2D eigenvalue weighted by Crippen LogP contribution is -2.41. The van der Waals surface area contributed by atoms with E-state index in [1.54, 1.807) is 18.2 Å². The largest absolute Gasteiger partial charge is 0.478 e. The number of hydrogen-bond acceptors (Lipinski definition) is 5. The third kappa shape index (κ3) is 3.84. The van der Waals surface area contributed by atoms with Crippen molar-refractivity contribution in [1.29, 1.82) is 0 Å². The van der Waals surface area contributed by atoms with Crippen molar-refractivity contribution in [3.05, 3.63) is 41.7 Å². The summed E-state index contributed by atoms with van der Waals surface area (Å²) in [5.41, 5.74) is 0.188. The first kappa shape index (κ1) is 18.6. The summed E-state index contributed by atoms with van der Waals surface area (Å²) in [7, 11) is 0. The molecule has 2 heterocycles. The van der Waals surface area contributed by atoms with Crippen LogP contribution in [0.3, 0.4) is 0 Å². The highest BCUT2D eigenvalue weighted by Gasteiger charge is 2.37. The Morgan fingerprint density at radius 1 is 1.30 bits per heavy atom. The van der Waals surface area contributed by atoms with Crippen molar-refractivity contribution in [2.75, 3.05) is 10.2 Å². The summed E-state index contributed by atoms with van der Waals surface area (Å²) >= 11 is 0. The first-order valence-corrected chi connectivity index (χ1v) is 8.60. The van der Waals surface area contributed by atoms with Crippen LogP contribution in [0.5, 0.6) is 0 Å². The molecule has 0 aliphatic carbocycles. The highest BCUT2D eigenvalue weighted by Crippen LogP contribution is 2.29. The molecule has 1 aromatic carbocycles. The third-order valence-corrected chi connectivity index (χ3v) is 4.39. The van der Waals surface area contributed by atoms with Crippen LogP contribution in [0.4, 0.5) is 11.5 Å². The maximum Gasteiger partial charge on any atom is 0.335 e. The molecule has 1 aliphatic heterocycles. The molecule has 0 saturated carbocycles. The van der Waals surface area contributed by atoms with Gasteiger partial charge in [0.2, 0.25) is 11.8 Å². The van der Waals surface area contributed by atoms with Gasteiger partial charge in [0.15, 0.2) is 5.82 Å². The van der Waals surface area contributed by atoms with Crippen LogP contribution >= 0.6 is 0 Å². The van der Waals surface area contributed by atoms with Crippen LogP contribution in [-0.4, -0.2) is 34.1 Å². The van der Waals surface area contributed by atoms with Gasteiger partial charge in [-0.05, 0) is 24.6 Å². The van der Waals surface area contributed by atoms with Crippen molar-refractivity contribution in [3.8, 4) is 0 Å². The molecule has 1 unspecified atom stereocenters. The van der Waals surface area contributed by atoms with Gasteiger partial charge in [0, 0.05) is 23.6 Å². The second-order valence-electron chi connectivity index (χ2n) is 7.49. The van der Waals surface area contributed by atoms with Gasteiger partial charge < -0.3 is 14.9 Å².